The van der Waals surface area contributed by atoms with Gasteiger partial charge in [-0.05, 0) is 50.0 Å². The van der Waals surface area contributed by atoms with E-state index in [2.05, 4.69) is 10.1 Å². The van der Waals surface area contributed by atoms with Gasteiger partial charge in [0.1, 0.15) is 11.9 Å². The second kappa shape index (κ2) is 8.77. The van der Waals surface area contributed by atoms with Gasteiger partial charge in [-0.1, -0.05) is 0 Å². The summed E-state index contributed by atoms with van der Waals surface area (Å²) in [4.78, 5) is 4.21. The van der Waals surface area contributed by atoms with Crippen LogP contribution in [0.5, 0.6) is 0 Å². The molecule has 0 bridgehead atoms. The van der Waals surface area contributed by atoms with Gasteiger partial charge in [0.05, 0.1) is 29.5 Å². The third kappa shape index (κ3) is 4.66. The number of aliphatic hydroxyl groups excluding tert-OH is 1. The monoisotopic (exact) mass is 512 g/mol. The molecule has 3 heterocycles. The van der Waals surface area contributed by atoms with Crippen molar-refractivity contribution in [2.45, 2.75) is 62.5 Å². The highest BCUT2D eigenvalue weighted by Crippen LogP contribution is 2.42. The lowest BCUT2D eigenvalue weighted by atomic mass is 9.93. The van der Waals surface area contributed by atoms with Gasteiger partial charge in [0, 0.05) is 34.7 Å². The van der Waals surface area contributed by atoms with Crippen LogP contribution in [0.25, 0.3) is 11.3 Å². The zero-order valence-corrected chi connectivity index (χ0v) is 18.7. The molecule has 5 rings (SSSR count). The number of rotatable bonds is 3. The molecule has 0 radical (unpaired) electrons. The molecule has 192 valence electrons. The third-order valence-electron chi connectivity index (χ3n) is 6.67. The molecule has 3 aliphatic rings. The fourth-order valence-electron chi connectivity index (χ4n) is 4.74. The Labute approximate surface area is 201 Å². The number of hydrogen-bond acceptors (Lipinski definition) is 5. The molecular formula is C24H22F6N4O2. The fourth-order valence-corrected chi connectivity index (χ4v) is 4.74. The van der Waals surface area contributed by atoms with Crippen molar-refractivity contribution >= 4 is 17.5 Å². The first-order valence-electron chi connectivity index (χ1n) is 11.3. The zero-order chi connectivity index (χ0) is 25.8. The summed E-state index contributed by atoms with van der Waals surface area (Å²) in [6, 6.07) is 1.44. The predicted octanol–water partition coefficient (Wildman–Crippen LogP) is 4.96. The summed E-state index contributed by atoms with van der Waals surface area (Å²) >= 11 is 0. The first kappa shape index (κ1) is 24.6. The van der Waals surface area contributed by atoms with Gasteiger partial charge in [0.15, 0.2) is 6.10 Å². The maximum absolute atomic E-state index is 13.3. The average Bonchev–Trinajstić information content (AvgIpc) is 3.47. The molecule has 3 N–H and O–H groups in total. The Kier molecular flexibility index (Phi) is 5.98. The van der Waals surface area contributed by atoms with Crippen molar-refractivity contribution in [1.29, 1.82) is 0 Å². The molecule has 1 aliphatic carbocycles. The maximum atomic E-state index is 13.3. The van der Waals surface area contributed by atoms with Crippen LogP contribution < -0.4 is 5.73 Å². The lowest BCUT2D eigenvalue weighted by molar-refractivity contribution is -0.143. The molecule has 1 aromatic carbocycles. The van der Waals surface area contributed by atoms with E-state index in [0.717, 1.165) is 12.8 Å². The molecule has 2 unspecified atom stereocenters. The van der Waals surface area contributed by atoms with Crippen LogP contribution in [0.1, 0.15) is 54.0 Å². The molecule has 12 heteroatoms. The number of nitrogens with zero attached hydrogens (tertiary/aromatic N) is 3. The Bertz CT molecular complexity index is 1220. The first-order valence-corrected chi connectivity index (χ1v) is 11.3. The second-order valence-electron chi connectivity index (χ2n) is 9.15. The molecule has 36 heavy (non-hydrogen) atoms. The highest BCUT2D eigenvalue weighted by molar-refractivity contribution is 6.13. The van der Waals surface area contributed by atoms with Crippen LogP contribution in [0, 0.1) is 0 Å². The largest absolute Gasteiger partial charge is 0.481 e. The van der Waals surface area contributed by atoms with E-state index in [-0.39, 0.29) is 29.5 Å². The molecule has 2 aromatic rings. The van der Waals surface area contributed by atoms with Gasteiger partial charge < -0.3 is 15.6 Å². The molecule has 6 nitrogen and oxygen atoms in total. The number of allylic oxidation sites excluding steroid dienone is 1. The van der Waals surface area contributed by atoms with Gasteiger partial charge in [0.25, 0.3) is 0 Å². The van der Waals surface area contributed by atoms with Crippen LogP contribution in [0.3, 0.4) is 0 Å². The SMILES string of the molecule is NC1N=CC(c2cnn([C@H]3CC[C@H](O)CC3)c2)=C2C=C(c3cc(C(F)(F)F)cc(C(F)(F)F)c3)OC21. The van der Waals surface area contributed by atoms with Gasteiger partial charge in [0.2, 0.25) is 0 Å². The van der Waals surface area contributed by atoms with E-state index in [1.165, 1.54) is 12.3 Å². The van der Waals surface area contributed by atoms with E-state index in [4.69, 9.17) is 10.5 Å². The molecule has 0 amide bonds. The van der Waals surface area contributed by atoms with Crippen LogP contribution in [-0.2, 0) is 17.1 Å². The molecule has 1 saturated carbocycles. The Balaban J connectivity index is 1.53. The summed E-state index contributed by atoms with van der Waals surface area (Å²) < 4.78 is 87.6. The quantitative estimate of drug-likeness (QED) is 0.570. The lowest BCUT2D eigenvalue weighted by Crippen LogP contribution is -2.36. The first-order chi connectivity index (χ1) is 16.9. The van der Waals surface area contributed by atoms with Crippen LogP contribution in [0.4, 0.5) is 26.3 Å². The van der Waals surface area contributed by atoms with E-state index in [0.29, 0.717) is 41.7 Å². The minimum absolute atomic E-state index is 0.0737. The van der Waals surface area contributed by atoms with E-state index < -0.39 is 35.7 Å². The number of dihydropyridines is 1. The Hall–Kier alpha value is -3.12. The highest BCUT2D eigenvalue weighted by Gasteiger charge is 2.39. The summed E-state index contributed by atoms with van der Waals surface area (Å²) in [5.74, 6) is -0.154. The fraction of sp³-hybridized carbons (Fsp3) is 0.417. The normalized spacial score (nSPS) is 26.6. The maximum Gasteiger partial charge on any atom is 0.416 e. The van der Waals surface area contributed by atoms with Crippen LogP contribution >= 0.6 is 0 Å². The summed E-state index contributed by atoms with van der Waals surface area (Å²) in [6.45, 7) is 0. The molecule has 1 aromatic heterocycles. The molecule has 0 saturated heterocycles. The highest BCUT2D eigenvalue weighted by atomic mass is 19.4. The van der Waals surface area contributed by atoms with Crippen LogP contribution in [0.2, 0.25) is 0 Å². The number of aliphatic hydroxyl groups is 1. The average molecular weight is 512 g/mol. The van der Waals surface area contributed by atoms with Crippen molar-refractivity contribution in [3.8, 4) is 0 Å². The minimum Gasteiger partial charge on any atom is -0.481 e. The number of nitrogens with two attached hydrogens (primary N) is 1. The van der Waals surface area contributed by atoms with Crippen molar-refractivity contribution in [3.63, 3.8) is 0 Å². The van der Waals surface area contributed by atoms with Gasteiger partial charge in [-0.25, -0.2) is 0 Å². The van der Waals surface area contributed by atoms with Gasteiger partial charge in [-0.15, -0.1) is 0 Å². The number of fused-ring (bicyclic) bond motifs is 1. The van der Waals surface area contributed by atoms with E-state index in [9.17, 15) is 31.4 Å². The Morgan fingerprint density at radius 3 is 2.19 bits per heavy atom. The molecule has 2 aliphatic heterocycles. The smallest absolute Gasteiger partial charge is 0.416 e. The number of aromatic nitrogens is 2. The summed E-state index contributed by atoms with van der Waals surface area (Å²) in [5, 5.41) is 14.2. The number of aliphatic imine (C=N–C) groups is 1. The number of halogens is 6. The molecule has 2 atom stereocenters. The number of alkyl halides is 6. The van der Waals surface area contributed by atoms with Gasteiger partial charge in [-0.3, -0.25) is 9.67 Å². The van der Waals surface area contributed by atoms with Crippen molar-refractivity contribution in [1.82, 2.24) is 9.78 Å². The summed E-state index contributed by atoms with van der Waals surface area (Å²) in [5.41, 5.74) is 4.55. The van der Waals surface area contributed by atoms with Gasteiger partial charge in [-0.2, -0.15) is 31.4 Å². The third-order valence-corrected chi connectivity index (χ3v) is 6.67. The van der Waals surface area contributed by atoms with E-state index >= 15 is 0 Å². The predicted molar refractivity (Wildman–Crippen MR) is 118 cm³/mol. The number of ether oxygens (including phenoxy) is 1. The second-order valence-corrected chi connectivity index (χ2v) is 9.15. The topological polar surface area (TPSA) is 85.7 Å². The van der Waals surface area contributed by atoms with Crippen LogP contribution in [0.15, 0.2) is 47.2 Å². The summed E-state index contributed by atoms with van der Waals surface area (Å²) in [7, 11) is 0. The molecule has 0 spiro atoms. The Morgan fingerprint density at radius 2 is 1.58 bits per heavy atom. The zero-order valence-electron chi connectivity index (χ0n) is 18.7. The minimum atomic E-state index is -4.98. The van der Waals surface area contributed by atoms with Crippen molar-refractivity contribution in [2.75, 3.05) is 0 Å². The van der Waals surface area contributed by atoms with E-state index in [1.54, 1.807) is 10.9 Å². The van der Waals surface area contributed by atoms with Crippen LogP contribution in [-0.4, -0.2) is 39.5 Å². The standard InChI is InChI=1S/C24H22F6N4O2/c25-23(26,27)14-5-12(6-15(7-14)24(28,29)30)20-8-18-19(10-32-22(31)21(18)36-20)13-9-33-34(11-13)16-1-3-17(35)4-2-16/h5-11,16-17,21-22,35H,1-4,31H2/t16-,17-,21?,22?. The molecule has 1 fully saturated rings. The Morgan fingerprint density at radius 1 is 0.944 bits per heavy atom. The number of benzene rings is 1. The van der Waals surface area contributed by atoms with Crippen molar-refractivity contribution in [3.05, 3.63) is 64.5 Å². The van der Waals surface area contributed by atoms with Gasteiger partial charge >= 0.3 is 12.4 Å². The molecular weight excluding hydrogens is 490 g/mol. The van der Waals surface area contributed by atoms with E-state index in [1.807, 2.05) is 6.20 Å². The van der Waals surface area contributed by atoms with Crippen molar-refractivity contribution < 1.29 is 36.2 Å². The number of hydrogen-bond donors (Lipinski definition) is 2. The summed E-state index contributed by atoms with van der Waals surface area (Å²) in [6.07, 6.45) is -2.82. The lowest BCUT2D eigenvalue weighted by Gasteiger charge is -2.25. The van der Waals surface area contributed by atoms with Crippen molar-refractivity contribution in [2.24, 2.45) is 10.7 Å².